The number of benzene rings is 2. The van der Waals surface area contributed by atoms with Gasteiger partial charge in [-0.05, 0) is 41.3 Å². The van der Waals surface area contributed by atoms with E-state index in [-0.39, 0.29) is 17.7 Å². The first-order valence-electron chi connectivity index (χ1n) is 8.20. The fraction of sp³-hybridized carbons (Fsp3) is 0.350. The Labute approximate surface area is 154 Å². The van der Waals surface area contributed by atoms with E-state index in [0.29, 0.717) is 23.1 Å². The van der Waals surface area contributed by atoms with Gasteiger partial charge in [-0.3, -0.25) is 4.79 Å². The largest absolute Gasteiger partial charge is 0.493 e. The molecule has 0 spiro atoms. The number of ether oxygens (including phenoxy) is 2. The van der Waals surface area contributed by atoms with Gasteiger partial charge in [-0.15, -0.1) is 0 Å². The zero-order valence-corrected chi connectivity index (χ0v) is 15.8. The molecule has 0 fully saturated rings. The highest BCUT2D eigenvalue weighted by Gasteiger charge is 2.24. The van der Waals surface area contributed by atoms with Crippen molar-refractivity contribution in [3.63, 3.8) is 0 Å². The number of halogens is 1. The Morgan fingerprint density at radius 3 is 2.24 bits per heavy atom. The molecule has 0 aliphatic heterocycles. The lowest BCUT2D eigenvalue weighted by atomic mass is 9.87. The highest BCUT2D eigenvalue weighted by Crippen LogP contribution is 2.28. The highest BCUT2D eigenvalue weighted by molar-refractivity contribution is 6.30. The molecule has 5 heteroatoms. The summed E-state index contributed by atoms with van der Waals surface area (Å²) >= 11 is 5.95. The Morgan fingerprint density at radius 2 is 1.68 bits per heavy atom. The van der Waals surface area contributed by atoms with E-state index in [4.69, 9.17) is 21.1 Å². The van der Waals surface area contributed by atoms with Gasteiger partial charge >= 0.3 is 0 Å². The number of hydrogen-bond donors (Lipinski definition) is 1. The van der Waals surface area contributed by atoms with Gasteiger partial charge in [0.05, 0.1) is 20.1 Å². The fourth-order valence-corrected chi connectivity index (χ4v) is 2.92. The fourth-order valence-electron chi connectivity index (χ4n) is 2.80. The second kappa shape index (κ2) is 8.77. The summed E-state index contributed by atoms with van der Waals surface area (Å²) in [6.45, 7) is 4.50. The van der Waals surface area contributed by atoms with Crippen molar-refractivity contribution < 1.29 is 14.3 Å². The van der Waals surface area contributed by atoms with E-state index in [1.165, 1.54) is 0 Å². The lowest BCUT2D eigenvalue weighted by Crippen LogP contribution is -2.31. The number of methoxy groups -OCH3 is 2. The van der Waals surface area contributed by atoms with Crippen LogP contribution in [0.1, 0.15) is 30.9 Å². The monoisotopic (exact) mass is 361 g/mol. The Kier molecular flexibility index (Phi) is 6.71. The standard InChI is InChI=1S/C20H24ClNO3/c1-13(2)19(15-6-8-16(21)9-7-15)20(23)22-12-14-5-10-17(24-3)18(11-14)25-4/h5-11,13,19H,12H2,1-4H3,(H,22,23)/t19-/m0/s1. The molecule has 1 N–H and O–H groups in total. The lowest BCUT2D eigenvalue weighted by molar-refractivity contribution is -0.123. The van der Waals surface area contributed by atoms with E-state index in [0.717, 1.165) is 11.1 Å². The van der Waals surface area contributed by atoms with Crippen LogP contribution in [0.3, 0.4) is 0 Å². The maximum absolute atomic E-state index is 12.7. The zero-order valence-electron chi connectivity index (χ0n) is 15.0. The Hall–Kier alpha value is -2.20. The van der Waals surface area contributed by atoms with Gasteiger partial charge in [0.2, 0.25) is 5.91 Å². The van der Waals surface area contributed by atoms with Crippen molar-refractivity contribution in [2.45, 2.75) is 26.3 Å². The summed E-state index contributed by atoms with van der Waals surface area (Å²) in [7, 11) is 3.19. The third-order valence-electron chi connectivity index (χ3n) is 4.09. The first-order chi connectivity index (χ1) is 12.0. The first kappa shape index (κ1) is 19.1. The van der Waals surface area contributed by atoms with Gasteiger partial charge in [0.25, 0.3) is 0 Å². The quantitative estimate of drug-likeness (QED) is 0.794. The molecule has 0 bridgehead atoms. The molecule has 4 nitrogen and oxygen atoms in total. The van der Waals surface area contributed by atoms with Crippen LogP contribution < -0.4 is 14.8 Å². The first-order valence-corrected chi connectivity index (χ1v) is 8.58. The summed E-state index contributed by atoms with van der Waals surface area (Å²) in [6, 6.07) is 13.0. The van der Waals surface area contributed by atoms with Gasteiger partial charge in [-0.25, -0.2) is 0 Å². The molecule has 1 amide bonds. The van der Waals surface area contributed by atoms with E-state index in [1.807, 2.05) is 56.3 Å². The van der Waals surface area contributed by atoms with Gasteiger partial charge in [-0.2, -0.15) is 0 Å². The van der Waals surface area contributed by atoms with Crippen LogP contribution in [-0.2, 0) is 11.3 Å². The maximum Gasteiger partial charge on any atom is 0.228 e. The lowest BCUT2D eigenvalue weighted by Gasteiger charge is -2.21. The minimum atomic E-state index is -0.225. The molecule has 134 valence electrons. The minimum absolute atomic E-state index is 0.00731. The van der Waals surface area contributed by atoms with Crippen molar-refractivity contribution in [2.24, 2.45) is 5.92 Å². The second-order valence-corrected chi connectivity index (χ2v) is 6.62. The third kappa shape index (κ3) is 4.89. The molecule has 0 saturated carbocycles. The van der Waals surface area contributed by atoms with Crippen molar-refractivity contribution in [3.8, 4) is 11.5 Å². The molecule has 0 unspecified atom stereocenters. The van der Waals surface area contributed by atoms with E-state index in [2.05, 4.69) is 5.32 Å². The van der Waals surface area contributed by atoms with Crippen LogP contribution in [0.4, 0.5) is 0 Å². The summed E-state index contributed by atoms with van der Waals surface area (Å²) in [4.78, 5) is 12.7. The van der Waals surface area contributed by atoms with Gasteiger partial charge in [-0.1, -0.05) is 43.6 Å². The molecule has 1 atom stereocenters. The van der Waals surface area contributed by atoms with Gasteiger partial charge in [0.1, 0.15) is 0 Å². The molecule has 0 aliphatic carbocycles. The smallest absolute Gasteiger partial charge is 0.228 e. The van der Waals surface area contributed by atoms with E-state index >= 15 is 0 Å². The zero-order chi connectivity index (χ0) is 18.4. The topological polar surface area (TPSA) is 47.6 Å². The maximum atomic E-state index is 12.7. The van der Waals surface area contributed by atoms with Gasteiger partial charge in [0.15, 0.2) is 11.5 Å². The molecule has 2 aromatic carbocycles. The number of amides is 1. The number of carbonyl (C=O) groups is 1. The van der Waals surface area contributed by atoms with E-state index < -0.39 is 0 Å². The Morgan fingerprint density at radius 1 is 1.04 bits per heavy atom. The average molecular weight is 362 g/mol. The van der Waals surface area contributed by atoms with Crippen LogP contribution >= 0.6 is 11.6 Å². The average Bonchev–Trinajstić information content (AvgIpc) is 2.61. The second-order valence-electron chi connectivity index (χ2n) is 6.18. The van der Waals surface area contributed by atoms with Crippen molar-refractivity contribution >= 4 is 17.5 Å². The van der Waals surface area contributed by atoms with Crippen molar-refractivity contribution in [2.75, 3.05) is 14.2 Å². The molecular formula is C20H24ClNO3. The summed E-state index contributed by atoms with van der Waals surface area (Å²) < 4.78 is 10.5. The van der Waals surface area contributed by atoms with Gasteiger partial charge in [0, 0.05) is 11.6 Å². The molecule has 0 heterocycles. The number of hydrogen-bond acceptors (Lipinski definition) is 3. The van der Waals surface area contributed by atoms with Crippen LogP contribution in [0, 0.1) is 5.92 Å². The molecule has 0 radical (unpaired) electrons. The van der Waals surface area contributed by atoms with E-state index in [9.17, 15) is 4.79 Å². The van der Waals surface area contributed by atoms with Crippen molar-refractivity contribution in [3.05, 3.63) is 58.6 Å². The molecule has 2 rings (SSSR count). The molecular weight excluding hydrogens is 338 g/mol. The highest BCUT2D eigenvalue weighted by atomic mass is 35.5. The van der Waals surface area contributed by atoms with Crippen molar-refractivity contribution in [1.82, 2.24) is 5.32 Å². The normalized spacial score (nSPS) is 11.9. The van der Waals surface area contributed by atoms with Crippen LogP contribution in [0.2, 0.25) is 5.02 Å². The Bertz CT molecular complexity index is 713. The van der Waals surface area contributed by atoms with Crippen LogP contribution in [0.15, 0.2) is 42.5 Å². The molecule has 0 saturated heterocycles. The number of rotatable bonds is 7. The summed E-state index contributed by atoms with van der Waals surface area (Å²) in [6.07, 6.45) is 0. The van der Waals surface area contributed by atoms with Crippen molar-refractivity contribution in [1.29, 1.82) is 0 Å². The van der Waals surface area contributed by atoms with Crippen LogP contribution in [0.5, 0.6) is 11.5 Å². The van der Waals surface area contributed by atoms with Crippen LogP contribution in [0.25, 0.3) is 0 Å². The van der Waals surface area contributed by atoms with Gasteiger partial charge < -0.3 is 14.8 Å². The Balaban J connectivity index is 2.10. The predicted molar refractivity (Wildman–Crippen MR) is 100 cm³/mol. The van der Waals surface area contributed by atoms with E-state index in [1.54, 1.807) is 14.2 Å². The molecule has 0 aromatic heterocycles. The summed E-state index contributed by atoms with van der Waals surface area (Å²) in [5, 5.41) is 3.68. The van der Waals surface area contributed by atoms with Crippen LogP contribution in [-0.4, -0.2) is 20.1 Å². The number of carbonyl (C=O) groups excluding carboxylic acids is 1. The third-order valence-corrected chi connectivity index (χ3v) is 4.34. The SMILES string of the molecule is COc1ccc(CNC(=O)[C@H](c2ccc(Cl)cc2)C(C)C)cc1OC. The summed E-state index contributed by atoms with van der Waals surface area (Å²) in [5.41, 5.74) is 1.91. The summed E-state index contributed by atoms with van der Waals surface area (Å²) in [5.74, 6) is 1.25. The predicted octanol–water partition coefficient (Wildman–Crippen LogP) is 4.41. The number of nitrogens with one attached hydrogen (secondary N) is 1. The minimum Gasteiger partial charge on any atom is -0.493 e. The molecule has 0 aliphatic rings. The molecule has 2 aromatic rings. The molecule has 25 heavy (non-hydrogen) atoms.